The fourth-order valence-electron chi connectivity index (χ4n) is 1.32. The van der Waals surface area contributed by atoms with E-state index in [1.807, 2.05) is 14.1 Å². The van der Waals surface area contributed by atoms with Crippen LogP contribution in [0.25, 0.3) is 0 Å². The van der Waals surface area contributed by atoms with Crippen LogP contribution in [0.3, 0.4) is 0 Å². The topological polar surface area (TPSA) is 27.3 Å². The molecule has 1 heterocycles. The summed E-state index contributed by atoms with van der Waals surface area (Å²) in [6, 6.07) is 0.777. The van der Waals surface area contributed by atoms with Crippen molar-refractivity contribution < 1.29 is 0 Å². The molecule has 0 amide bonds. The van der Waals surface area contributed by atoms with E-state index in [1.54, 1.807) is 0 Å². The number of hydrogen-bond acceptors (Lipinski definition) is 3. The van der Waals surface area contributed by atoms with E-state index in [0.29, 0.717) is 0 Å². The van der Waals surface area contributed by atoms with Gasteiger partial charge in [-0.05, 0) is 27.6 Å². The molecule has 0 bridgehead atoms. The Morgan fingerprint density at radius 1 is 1.50 bits per heavy atom. The average Bonchev–Trinajstić information content (AvgIpc) is 2.07. The molecule has 1 rings (SSSR count). The SMILES string of the molecule is CCC1CNCCN1C.CNC. The molecule has 2 N–H and O–H groups in total. The minimum atomic E-state index is 0.777. The van der Waals surface area contributed by atoms with Gasteiger partial charge < -0.3 is 15.5 Å². The van der Waals surface area contributed by atoms with E-state index in [4.69, 9.17) is 0 Å². The summed E-state index contributed by atoms with van der Waals surface area (Å²) in [4.78, 5) is 2.43. The minimum Gasteiger partial charge on any atom is -0.323 e. The molecule has 0 aromatic carbocycles. The Kier molecular flexibility index (Phi) is 7.45. The number of nitrogens with one attached hydrogen (secondary N) is 2. The molecule has 0 aromatic rings. The Hall–Kier alpha value is -0.120. The van der Waals surface area contributed by atoms with Crippen LogP contribution in [0.4, 0.5) is 0 Å². The number of piperazine rings is 1. The molecule has 0 radical (unpaired) electrons. The molecule has 12 heavy (non-hydrogen) atoms. The second-order valence-corrected chi connectivity index (χ2v) is 3.25. The monoisotopic (exact) mass is 173 g/mol. The van der Waals surface area contributed by atoms with Crippen LogP contribution in [0.5, 0.6) is 0 Å². The van der Waals surface area contributed by atoms with E-state index in [2.05, 4.69) is 29.5 Å². The van der Waals surface area contributed by atoms with Gasteiger partial charge in [-0.1, -0.05) is 6.92 Å². The van der Waals surface area contributed by atoms with Gasteiger partial charge in [0.15, 0.2) is 0 Å². The van der Waals surface area contributed by atoms with Gasteiger partial charge in [-0.2, -0.15) is 0 Å². The van der Waals surface area contributed by atoms with Gasteiger partial charge >= 0.3 is 0 Å². The van der Waals surface area contributed by atoms with Crippen molar-refractivity contribution in [2.24, 2.45) is 0 Å². The van der Waals surface area contributed by atoms with Crippen LogP contribution < -0.4 is 10.6 Å². The number of nitrogens with zero attached hydrogens (tertiary/aromatic N) is 1. The summed E-state index contributed by atoms with van der Waals surface area (Å²) < 4.78 is 0. The van der Waals surface area contributed by atoms with Crippen LogP contribution in [0, 0.1) is 0 Å². The standard InChI is InChI=1S/C7H16N2.C2H7N/c1-3-7-6-8-4-5-9(7)2;1-3-2/h7-8H,3-6H2,1-2H3;3H,1-2H3. The van der Waals surface area contributed by atoms with Gasteiger partial charge in [0.1, 0.15) is 0 Å². The van der Waals surface area contributed by atoms with Gasteiger partial charge in [0, 0.05) is 25.7 Å². The predicted octanol–water partition coefficient (Wildman–Crippen LogP) is 0.136. The van der Waals surface area contributed by atoms with Gasteiger partial charge in [-0.3, -0.25) is 0 Å². The highest BCUT2D eigenvalue weighted by Crippen LogP contribution is 2.02. The Labute approximate surface area is 76.5 Å². The zero-order chi connectivity index (χ0) is 9.40. The smallest absolute Gasteiger partial charge is 0.0215 e. The third-order valence-corrected chi connectivity index (χ3v) is 2.12. The zero-order valence-corrected chi connectivity index (χ0v) is 8.85. The molecule has 1 fully saturated rings. The van der Waals surface area contributed by atoms with Gasteiger partial charge in [-0.25, -0.2) is 0 Å². The van der Waals surface area contributed by atoms with Crippen molar-refractivity contribution in [3.63, 3.8) is 0 Å². The highest BCUT2D eigenvalue weighted by atomic mass is 15.2. The van der Waals surface area contributed by atoms with Crippen molar-refractivity contribution in [1.29, 1.82) is 0 Å². The number of hydrogen-bond donors (Lipinski definition) is 2. The molecule has 1 atom stereocenters. The highest BCUT2D eigenvalue weighted by Gasteiger charge is 2.15. The normalized spacial score (nSPS) is 24.5. The fraction of sp³-hybridized carbons (Fsp3) is 1.00. The predicted molar refractivity (Wildman–Crippen MR) is 54.6 cm³/mol. The fourth-order valence-corrected chi connectivity index (χ4v) is 1.32. The first kappa shape index (κ1) is 11.9. The lowest BCUT2D eigenvalue weighted by molar-refractivity contribution is 0.195. The molecule has 0 aliphatic carbocycles. The molecular formula is C9H23N3. The lowest BCUT2D eigenvalue weighted by atomic mass is 10.1. The molecule has 0 spiro atoms. The molecule has 74 valence electrons. The molecule has 1 aliphatic rings. The summed E-state index contributed by atoms with van der Waals surface area (Å²) in [5, 5.41) is 6.12. The van der Waals surface area contributed by atoms with Crippen LogP contribution in [-0.4, -0.2) is 51.7 Å². The molecule has 1 aliphatic heterocycles. The van der Waals surface area contributed by atoms with Crippen molar-refractivity contribution in [2.45, 2.75) is 19.4 Å². The van der Waals surface area contributed by atoms with Gasteiger partial charge in [0.2, 0.25) is 0 Å². The van der Waals surface area contributed by atoms with E-state index < -0.39 is 0 Å². The Balaban J connectivity index is 0.000000354. The number of rotatable bonds is 1. The van der Waals surface area contributed by atoms with E-state index in [9.17, 15) is 0 Å². The minimum absolute atomic E-state index is 0.777. The molecular weight excluding hydrogens is 150 g/mol. The lowest BCUT2D eigenvalue weighted by Gasteiger charge is -2.32. The summed E-state index contributed by atoms with van der Waals surface area (Å²) in [5.74, 6) is 0. The number of likely N-dealkylation sites (N-methyl/N-ethyl adjacent to an activating group) is 1. The summed E-state index contributed by atoms with van der Waals surface area (Å²) in [7, 11) is 5.95. The van der Waals surface area contributed by atoms with Gasteiger partial charge in [-0.15, -0.1) is 0 Å². The van der Waals surface area contributed by atoms with Crippen LogP contribution in [-0.2, 0) is 0 Å². The Bertz CT molecular complexity index is 95.8. The van der Waals surface area contributed by atoms with E-state index in [0.717, 1.165) is 12.6 Å². The summed E-state index contributed by atoms with van der Waals surface area (Å²) in [6.45, 7) is 5.78. The third kappa shape index (κ3) is 4.70. The first-order valence-corrected chi connectivity index (χ1v) is 4.75. The molecule has 0 aromatic heterocycles. The van der Waals surface area contributed by atoms with Crippen LogP contribution in [0.1, 0.15) is 13.3 Å². The third-order valence-electron chi connectivity index (χ3n) is 2.12. The van der Waals surface area contributed by atoms with Crippen LogP contribution >= 0.6 is 0 Å². The van der Waals surface area contributed by atoms with Crippen molar-refractivity contribution >= 4 is 0 Å². The molecule has 0 saturated carbocycles. The zero-order valence-electron chi connectivity index (χ0n) is 8.85. The van der Waals surface area contributed by atoms with Gasteiger partial charge in [0.05, 0.1) is 0 Å². The average molecular weight is 173 g/mol. The maximum atomic E-state index is 3.37. The summed E-state index contributed by atoms with van der Waals surface area (Å²) >= 11 is 0. The van der Waals surface area contributed by atoms with Crippen molar-refractivity contribution in [3.8, 4) is 0 Å². The molecule has 3 heteroatoms. The van der Waals surface area contributed by atoms with Crippen molar-refractivity contribution in [1.82, 2.24) is 15.5 Å². The van der Waals surface area contributed by atoms with Crippen LogP contribution in [0.2, 0.25) is 0 Å². The molecule has 3 nitrogen and oxygen atoms in total. The largest absolute Gasteiger partial charge is 0.323 e. The lowest BCUT2D eigenvalue weighted by Crippen LogP contribution is -2.48. The highest BCUT2D eigenvalue weighted by molar-refractivity contribution is 4.75. The van der Waals surface area contributed by atoms with Crippen LogP contribution in [0.15, 0.2) is 0 Å². The second-order valence-electron chi connectivity index (χ2n) is 3.25. The van der Waals surface area contributed by atoms with Crippen molar-refractivity contribution in [2.75, 3.05) is 40.8 Å². The maximum absolute atomic E-state index is 3.37. The van der Waals surface area contributed by atoms with E-state index in [-0.39, 0.29) is 0 Å². The molecule has 1 saturated heterocycles. The molecule has 1 unspecified atom stereocenters. The van der Waals surface area contributed by atoms with E-state index in [1.165, 1.54) is 19.5 Å². The van der Waals surface area contributed by atoms with E-state index >= 15 is 0 Å². The van der Waals surface area contributed by atoms with Crippen molar-refractivity contribution in [3.05, 3.63) is 0 Å². The Morgan fingerprint density at radius 2 is 2.08 bits per heavy atom. The maximum Gasteiger partial charge on any atom is 0.0215 e. The first-order valence-electron chi connectivity index (χ1n) is 4.75. The summed E-state index contributed by atoms with van der Waals surface area (Å²) in [5.41, 5.74) is 0. The quantitative estimate of drug-likeness (QED) is 0.590. The Morgan fingerprint density at radius 3 is 2.42 bits per heavy atom. The second kappa shape index (κ2) is 7.53. The summed E-state index contributed by atoms with van der Waals surface area (Å²) in [6.07, 6.45) is 1.27. The van der Waals surface area contributed by atoms with Gasteiger partial charge in [0.25, 0.3) is 0 Å². The first-order chi connectivity index (χ1) is 5.76.